The summed E-state index contributed by atoms with van der Waals surface area (Å²) in [5.74, 6) is 2.02. The second-order valence-corrected chi connectivity index (χ2v) is 4.43. The number of hydrogen-bond donors (Lipinski definition) is 1. The van der Waals surface area contributed by atoms with E-state index in [0.717, 1.165) is 30.2 Å². The molecule has 0 aliphatic rings. The van der Waals surface area contributed by atoms with Crippen LogP contribution in [-0.4, -0.2) is 34.4 Å². The Kier molecular flexibility index (Phi) is 5.78. The summed E-state index contributed by atoms with van der Waals surface area (Å²) in [4.78, 5) is 2.20. The highest BCUT2D eigenvalue weighted by molar-refractivity contribution is 5.56. The van der Waals surface area contributed by atoms with Gasteiger partial charge in [0.25, 0.3) is 0 Å². The summed E-state index contributed by atoms with van der Waals surface area (Å²) >= 11 is 0. The van der Waals surface area contributed by atoms with Gasteiger partial charge in [0.2, 0.25) is 0 Å². The summed E-state index contributed by atoms with van der Waals surface area (Å²) < 4.78 is 10.5. The molecule has 0 saturated carbocycles. The normalized spacial score (nSPS) is 12.1. The molecule has 1 aromatic carbocycles. The molecule has 0 saturated heterocycles. The first-order chi connectivity index (χ1) is 8.65. The molecule has 1 unspecified atom stereocenters. The van der Waals surface area contributed by atoms with Crippen molar-refractivity contribution < 1.29 is 9.47 Å². The van der Waals surface area contributed by atoms with Crippen molar-refractivity contribution in [2.24, 2.45) is 11.7 Å². The lowest BCUT2D eigenvalue weighted by Gasteiger charge is -2.25. The lowest BCUT2D eigenvalue weighted by atomic mass is 10.1. The van der Waals surface area contributed by atoms with Gasteiger partial charge >= 0.3 is 0 Å². The van der Waals surface area contributed by atoms with Crippen molar-refractivity contribution in [3.05, 3.63) is 18.2 Å². The summed E-state index contributed by atoms with van der Waals surface area (Å²) in [7, 11) is 5.36. The highest BCUT2D eigenvalue weighted by Crippen LogP contribution is 2.31. The Morgan fingerprint density at radius 1 is 1.22 bits per heavy atom. The smallest absolute Gasteiger partial charge is 0.162 e. The van der Waals surface area contributed by atoms with Crippen LogP contribution in [0.15, 0.2) is 18.2 Å². The first-order valence-electron chi connectivity index (χ1n) is 6.29. The van der Waals surface area contributed by atoms with Gasteiger partial charge in [0.15, 0.2) is 11.5 Å². The van der Waals surface area contributed by atoms with Crippen LogP contribution in [0.2, 0.25) is 0 Å². The summed E-state index contributed by atoms with van der Waals surface area (Å²) in [6.45, 7) is 3.83. The maximum Gasteiger partial charge on any atom is 0.162 e. The molecular weight excluding hydrogens is 228 g/mol. The van der Waals surface area contributed by atoms with Crippen LogP contribution in [0.5, 0.6) is 11.5 Å². The van der Waals surface area contributed by atoms with Crippen LogP contribution in [-0.2, 0) is 0 Å². The molecule has 0 fully saturated rings. The number of benzene rings is 1. The molecule has 1 atom stereocenters. The third kappa shape index (κ3) is 3.53. The molecule has 18 heavy (non-hydrogen) atoms. The van der Waals surface area contributed by atoms with Crippen LogP contribution in [0, 0.1) is 5.92 Å². The zero-order valence-electron chi connectivity index (χ0n) is 11.8. The van der Waals surface area contributed by atoms with E-state index in [2.05, 4.69) is 18.9 Å². The van der Waals surface area contributed by atoms with Crippen molar-refractivity contribution in [2.75, 3.05) is 39.3 Å². The van der Waals surface area contributed by atoms with Gasteiger partial charge < -0.3 is 20.1 Å². The number of ether oxygens (including phenoxy) is 2. The molecule has 0 amide bonds. The van der Waals surface area contributed by atoms with Crippen LogP contribution in [0.25, 0.3) is 0 Å². The molecule has 0 radical (unpaired) electrons. The molecule has 1 rings (SSSR count). The van der Waals surface area contributed by atoms with E-state index in [1.54, 1.807) is 14.2 Å². The Hall–Kier alpha value is -1.42. The molecule has 0 aliphatic carbocycles. The van der Waals surface area contributed by atoms with Crippen molar-refractivity contribution in [1.29, 1.82) is 0 Å². The quantitative estimate of drug-likeness (QED) is 0.807. The number of nitrogens with two attached hydrogens (primary N) is 1. The van der Waals surface area contributed by atoms with E-state index in [1.165, 1.54) is 0 Å². The molecule has 0 bridgehead atoms. The predicted octanol–water partition coefficient (Wildman–Crippen LogP) is 2.12. The van der Waals surface area contributed by atoms with Crippen molar-refractivity contribution in [1.82, 2.24) is 0 Å². The molecule has 102 valence electrons. The second-order valence-electron chi connectivity index (χ2n) is 4.43. The van der Waals surface area contributed by atoms with Gasteiger partial charge in [0.1, 0.15) is 0 Å². The topological polar surface area (TPSA) is 47.7 Å². The van der Waals surface area contributed by atoms with E-state index in [1.807, 2.05) is 18.2 Å². The zero-order chi connectivity index (χ0) is 13.5. The maximum absolute atomic E-state index is 5.74. The van der Waals surface area contributed by atoms with Gasteiger partial charge in [0, 0.05) is 25.3 Å². The SMILES string of the molecule is CCC(CN)CN(C)c1ccc(OC)c(OC)c1. The molecular formula is C14H24N2O2. The Balaban J connectivity index is 2.82. The van der Waals surface area contributed by atoms with E-state index in [0.29, 0.717) is 12.5 Å². The number of rotatable bonds is 7. The minimum atomic E-state index is 0.517. The van der Waals surface area contributed by atoms with Crippen molar-refractivity contribution >= 4 is 5.69 Å². The fourth-order valence-electron chi connectivity index (χ4n) is 1.93. The van der Waals surface area contributed by atoms with Gasteiger partial charge in [0.05, 0.1) is 14.2 Å². The van der Waals surface area contributed by atoms with E-state index < -0.39 is 0 Å². The molecule has 0 spiro atoms. The lowest BCUT2D eigenvalue weighted by molar-refractivity contribution is 0.355. The summed E-state index contributed by atoms with van der Waals surface area (Å²) in [6, 6.07) is 5.95. The van der Waals surface area contributed by atoms with Gasteiger partial charge in [-0.2, -0.15) is 0 Å². The van der Waals surface area contributed by atoms with E-state index in [9.17, 15) is 0 Å². The van der Waals surface area contributed by atoms with Crippen LogP contribution < -0.4 is 20.1 Å². The standard InChI is InChI=1S/C14H24N2O2/c1-5-11(9-15)10-16(2)12-6-7-13(17-3)14(8-12)18-4/h6-8,11H,5,9-10,15H2,1-4H3. The summed E-state index contributed by atoms with van der Waals surface area (Å²) in [5, 5.41) is 0. The molecule has 4 heteroatoms. The molecule has 2 N–H and O–H groups in total. The monoisotopic (exact) mass is 252 g/mol. The minimum Gasteiger partial charge on any atom is -0.493 e. The second kappa shape index (κ2) is 7.11. The van der Waals surface area contributed by atoms with Crippen LogP contribution in [0.3, 0.4) is 0 Å². The largest absolute Gasteiger partial charge is 0.493 e. The van der Waals surface area contributed by atoms with E-state index in [-0.39, 0.29) is 0 Å². The van der Waals surface area contributed by atoms with E-state index >= 15 is 0 Å². The maximum atomic E-state index is 5.74. The summed E-state index contributed by atoms with van der Waals surface area (Å²) in [6.07, 6.45) is 1.09. The average Bonchev–Trinajstić information content (AvgIpc) is 2.43. The predicted molar refractivity (Wildman–Crippen MR) is 75.7 cm³/mol. The lowest BCUT2D eigenvalue weighted by Crippen LogP contribution is -2.29. The van der Waals surface area contributed by atoms with Crippen LogP contribution >= 0.6 is 0 Å². The third-order valence-electron chi connectivity index (χ3n) is 3.25. The highest BCUT2D eigenvalue weighted by Gasteiger charge is 2.11. The number of methoxy groups -OCH3 is 2. The molecule has 0 aromatic heterocycles. The van der Waals surface area contributed by atoms with Gasteiger partial charge in [-0.1, -0.05) is 13.3 Å². The number of nitrogens with zero attached hydrogens (tertiary/aromatic N) is 1. The van der Waals surface area contributed by atoms with Gasteiger partial charge in [-0.05, 0) is 24.6 Å². The van der Waals surface area contributed by atoms with Crippen molar-refractivity contribution in [3.63, 3.8) is 0 Å². The molecule has 1 aromatic rings. The molecule has 0 aliphatic heterocycles. The first kappa shape index (κ1) is 14.6. The third-order valence-corrected chi connectivity index (χ3v) is 3.25. The van der Waals surface area contributed by atoms with Crippen molar-refractivity contribution in [2.45, 2.75) is 13.3 Å². The fourth-order valence-corrected chi connectivity index (χ4v) is 1.93. The number of hydrogen-bond acceptors (Lipinski definition) is 4. The summed E-state index contributed by atoms with van der Waals surface area (Å²) in [5.41, 5.74) is 6.85. The molecule has 0 heterocycles. The van der Waals surface area contributed by atoms with Crippen molar-refractivity contribution in [3.8, 4) is 11.5 Å². The van der Waals surface area contributed by atoms with Gasteiger partial charge in [-0.3, -0.25) is 0 Å². The fraction of sp³-hybridized carbons (Fsp3) is 0.571. The van der Waals surface area contributed by atoms with E-state index in [4.69, 9.17) is 15.2 Å². The van der Waals surface area contributed by atoms with Gasteiger partial charge in [-0.25, -0.2) is 0 Å². The van der Waals surface area contributed by atoms with Crippen LogP contribution in [0.4, 0.5) is 5.69 Å². The Morgan fingerprint density at radius 3 is 2.39 bits per heavy atom. The molecule has 4 nitrogen and oxygen atoms in total. The minimum absolute atomic E-state index is 0.517. The zero-order valence-corrected chi connectivity index (χ0v) is 11.8. The highest BCUT2D eigenvalue weighted by atomic mass is 16.5. The first-order valence-corrected chi connectivity index (χ1v) is 6.29. The average molecular weight is 252 g/mol. The Morgan fingerprint density at radius 2 is 1.89 bits per heavy atom. The van der Waals surface area contributed by atoms with Crippen LogP contribution in [0.1, 0.15) is 13.3 Å². The number of anilines is 1. The Bertz CT molecular complexity index is 365. The Labute approximate surface area is 110 Å². The van der Waals surface area contributed by atoms with Gasteiger partial charge in [-0.15, -0.1) is 0 Å².